The molecule has 0 bridgehead atoms. The number of nitrogens with zero attached hydrogens (tertiary/aromatic N) is 3. The lowest BCUT2D eigenvalue weighted by Gasteiger charge is -2.17. The number of alkyl halides is 3. The van der Waals surface area contributed by atoms with Crippen LogP contribution in [0.3, 0.4) is 0 Å². The molecular formula is C19H25ClF4N4O3S. The van der Waals surface area contributed by atoms with Crippen LogP contribution in [-0.2, 0) is 23.0 Å². The predicted octanol–water partition coefficient (Wildman–Crippen LogP) is 3.47. The van der Waals surface area contributed by atoms with Crippen LogP contribution in [0.2, 0.25) is 0 Å². The number of ether oxygens (including phenoxy) is 1. The van der Waals surface area contributed by atoms with Crippen molar-refractivity contribution in [1.29, 1.82) is 0 Å². The molecule has 2 rings (SSSR count). The second kappa shape index (κ2) is 10.6. The number of halogens is 5. The van der Waals surface area contributed by atoms with E-state index in [1.165, 1.54) is 30.9 Å². The highest BCUT2D eigenvalue weighted by atomic mass is 35.5. The SMILES string of the molecule is Cc1nn(C/C(F)=C/CN)c(C)c1Cc1ccc(S(=O)(=O)N(C)C)c(OC(F)(F)F)c1.Cl. The van der Waals surface area contributed by atoms with E-state index in [9.17, 15) is 26.0 Å². The Morgan fingerprint density at radius 2 is 1.91 bits per heavy atom. The van der Waals surface area contributed by atoms with E-state index in [4.69, 9.17) is 5.73 Å². The van der Waals surface area contributed by atoms with Crippen molar-refractivity contribution >= 4 is 22.4 Å². The Labute approximate surface area is 190 Å². The van der Waals surface area contributed by atoms with Gasteiger partial charge in [-0.15, -0.1) is 25.6 Å². The van der Waals surface area contributed by atoms with Crippen LogP contribution in [-0.4, -0.2) is 49.5 Å². The lowest BCUT2D eigenvalue weighted by Crippen LogP contribution is -2.25. The Morgan fingerprint density at radius 1 is 1.28 bits per heavy atom. The maximum absolute atomic E-state index is 13.8. The molecule has 1 aromatic heterocycles. The second-order valence-corrected chi connectivity index (χ2v) is 9.11. The van der Waals surface area contributed by atoms with Crippen molar-refractivity contribution in [3.8, 4) is 5.75 Å². The van der Waals surface area contributed by atoms with Gasteiger partial charge in [0.2, 0.25) is 10.0 Å². The molecule has 2 aromatic rings. The smallest absolute Gasteiger partial charge is 0.404 e. The molecule has 0 amide bonds. The van der Waals surface area contributed by atoms with Gasteiger partial charge in [-0.1, -0.05) is 6.07 Å². The lowest BCUT2D eigenvalue weighted by atomic mass is 10.0. The minimum atomic E-state index is -5.07. The zero-order chi connectivity index (χ0) is 23.6. The number of nitrogens with two attached hydrogens (primary N) is 1. The molecule has 1 aromatic carbocycles. The maximum atomic E-state index is 13.8. The summed E-state index contributed by atoms with van der Waals surface area (Å²) in [7, 11) is -1.75. The Morgan fingerprint density at radius 3 is 2.44 bits per heavy atom. The molecule has 0 radical (unpaired) electrons. The summed E-state index contributed by atoms with van der Waals surface area (Å²) in [5.41, 5.74) is 7.55. The minimum Gasteiger partial charge on any atom is -0.404 e. The highest BCUT2D eigenvalue weighted by Gasteiger charge is 2.35. The molecule has 0 aliphatic heterocycles. The number of aryl methyl sites for hydroxylation is 1. The summed E-state index contributed by atoms with van der Waals surface area (Å²) < 4.78 is 83.5. The normalized spacial score (nSPS) is 12.8. The number of aromatic nitrogens is 2. The van der Waals surface area contributed by atoms with Crippen LogP contribution in [0, 0.1) is 13.8 Å². The maximum Gasteiger partial charge on any atom is 0.573 e. The van der Waals surface area contributed by atoms with Crippen molar-refractivity contribution in [3.63, 3.8) is 0 Å². The van der Waals surface area contributed by atoms with Crippen LogP contribution in [0.1, 0.15) is 22.5 Å². The van der Waals surface area contributed by atoms with Crippen LogP contribution in [0.5, 0.6) is 5.75 Å². The van der Waals surface area contributed by atoms with Crippen molar-refractivity contribution in [2.24, 2.45) is 5.73 Å². The summed E-state index contributed by atoms with van der Waals surface area (Å²) in [6.07, 6.45) is -3.70. The molecule has 32 heavy (non-hydrogen) atoms. The fourth-order valence-corrected chi connectivity index (χ4v) is 3.95. The first-order chi connectivity index (χ1) is 14.3. The van der Waals surface area contributed by atoms with Gasteiger partial charge in [0.05, 0.1) is 12.2 Å². The third kappa shape index (κ3) is 6.67. The molecule has 0 atom stereocenters. The van der Waals surface area contributed by atoms with Gasteiger partial charge in [-0.3, -0.25) is 4.68 Å². The highest BCUT2D eigenvalue weighted by molar-refractivity contribution is 7.89. The van der Waals surface area contributed by atoms with Gasteiger partial charge in [0.25, 0.3) is 0 Å². The van der Waals surface area contributed by atoms with Gasteiger partial charge in [0.1, 0.15) is 16.5 Å². The standard InChI is InChI=1S/C19H24F4N4O3S.ClH/c1-12-16(13(2)27(25-12)11-15(20)7-8-24)9-14-5-6-18(31(28,29)26(3)4)17(10-14)30-19(21,22)23;/h5-7,10H,8-9,11,24H2,1-4H3;1H/b15-7-;. The molecule has 1 heterocycles. The van der Waals surface area contributed by atoms with E-state index in [0.717, 1.165) is 16.4 Å². The summed E-state index contributed by atoms with van der Waals surface area (Å²) in [5, 5.41) is 4.27. The molecule has 2 N–H and O–H groups in total. The van der Waals surface area contributed by atoms with Gasteiger partial charge >= 0.3 is 6.36 Å². The van der Waals surface area contributed by atoms with Gasteiger partial charge < -0.3 is 10.5 Å². The molecule has 0 spiro atoms. The summed E-state index contributed by atoms with van der Waals surface area (Å²) in [6.45, 7) is 3.33. The molecule has 0 aliphatic carbocycles. The number of allylic oxidation sites excluding steroid dienone is 1. The zero-order valence-corrected chi connectivity index (χ0v) is 19.5. The zero-order valence-electron chi connectivity index (χ0n) is 17.9. The number of hydrogen-bond acceptors (Lipinski definition) is 5. The fourth-order valence-electron chi connectivity index (χ4n) is 2.96. The van der Waals surface area contributed by atoms with Crippen LogP contribution in [0.25, 0.3) is 0 Å². The van der Waals surface area contributed by atoms with E-state index < -0.39 is 32.9 Å². The molecule has 180 valence electrons. The average Bonchev–Trinajstić information content (AvgIpc) is 2.87. The largest absolute Gasteiger partial charge is 0.573 e. The Balaban J connectivity index is 0.00000512. The summed E-state index contributed by atoms with van der Waals surface area (Å²) in [5.74, 6) is -1.28. The second-order valence-electron chi connectivity index (χ2n) is 6.99. The quantitative estimate of drug-likeness (QED) is 0.560. The number of rotatable bonds is 8. The average molecular weight is 501 g/mol. The first-order valence-corrected chi connectivity index (χ1v) is 10.6. The topological polar surface area (TPSA) is 90.5 Å². The van der Waals surface area contributed by atoms with Gasteiger partial charge in [0, 0.05) is 38.3 Å². The Bertz CT molecular complexity index is 1080. The number of hydrogen-bond donors (Lipinski definition) is 1. The van der Waals surface area contributed by atoms with E-state index in [1.54, 1.807) is 13.8 Å². The molecule has 0 unspecified atom stereocenters. The number of sulfonamides is 1. The van der Waals surface area contributed by atoms with Gasteiger partial charge in [0.15, 0.2) is 0 Å². The van der Waals surface area contributed by atoms with E-state index in [2.05, 4.69) is 9.84 Å². The van der Waals surface area contributed by atoms with Gasteiger partial charge in [-0.2, -0.15) is 5.10 Å². The Kier molecular flexibility index (Phi) is 9.28. The fraction of sp³-hybridized carbons (Fsp3) is 0.421. The van der Waals surface area contributed by atoms with E-state index in [-0.39, 0.29) is 31.9 Å². The number of benzene rings is 1. The summed E-state index contributed by atoms with van der Waals surface area (Å²) in [4.78, 5) is -0.600. The molecule has 7 nitrogen and oxygen atoms in total. The Hall–Kier alpha value is -2.15. The molecule has 13 heteroatoms. The first kappa shape index (κ1) is 27.9. The molecule has 0 fully saturated rings. The summed E-state index contributed by atoms with van der Waals surface area (Å²) >= 11 is 0. The van der Waals surface area contributed by atoms with Crippen molar-refractivity contribution in [2.45, 2.75) is 38.1 Å². The molecule has 0 saturated carbocycles. The molecule has 0 aliphatic rings. The lowest BCUT2D eigenvalue weighted by molar-refractivity contribution is -0.275. The van der Waals surface area contributed by atoms with Crippen LogP contribution in [0.15, 0.2) is 35.0 Å². The van der Waals surface area contributed by atoms with Crippen molar-refractivity contribution in [2.75, 3.05) is 20.6 Å². The van der Waals surface area contributed by atoms with Crippen LogP contribution < -0.4 is 10.5 Å². The third-order valence-electron chi connectivity index (χ3n) is 4.54. The van der Waals surface area contributed by atoms with Crippen molar-refractivity contribution in [1.82, 2.24) is 14.1 Å². The van der Waals surface area contributed by atoms with Gasteiger partial charge in [-0.25, -0.2) is 17.1 Å². The molecular weight excluding hydrogens is 476 g/mol. The summed E-state index contributed by atoms with van der Waals surface area (Å²) in [6, 6.07) is 3.52. The van der Waals surface area contributed by atoms with Crippen molar-refractivity contribution < 1.29 is 30.7 Å². The monoisotopic (exact) mass is 500 g/mol. The molecule has 0 saturated heterocycles. The van der Waals surface area contributed by atoms with Gasteiger partial charge in [-0.05, 0) is 37.6 Å². The first-order valence-electron chi connectivity index (χ1n) is 9.15. The van der Waals surface area contributed by atoms with E-state index >= 15 is 0 Å². The highest BCUT2D eigenvalue weighted by Crippen LogP contribution is 2.33. The van der Waals surface area contributed by atoms with Crippen LogP contribution >= 0.6 is 12.4 Å². The van der Waals surface area contributed by atoms with E-state index in [1.807, 2.05) is 0 Å². The van der Waals surface area contributed by atoms with Crippen molar-refractivity contribution in [3.05, 3.63) is 52.6 Å². The van der Waals surface area contributed by atoms with E-state index in [0.29, 0.717) is 22.5 Å². The van der Waals surface area contributed by atoms with Crippen LogP contribution in [0.4, 0.5) is 17.6 Å². The third-order valence-corrected chi connectivity index (χ3v) is 6.40. The predicted molar refractivity (Wildman–Crippen MR) is 114 cm³/mol. The minimum absolute atomic E-state index is 0.